The van der Waals surface area contributed by atoms with Gasteiger partial charge in [0.1, 0.15) is 5.82 Å². The van der Waals surface area contributed by atoms with Crippen molar-refractivity contribution in [2.24, 2.45) is 0 Å². The smallest absolute Gasteiger partial charge is 0.338 e. The van der Waals surface area contributed by atoms with Crippen LogP contribution < -0.4 is 5.32 Å². The van der Waals surface area contributed by atoms with Gasteiger partial charge in [-0.15, -0.1) is 0 Å². The van der Waals surface area contributed by atoms with Crippen LogP contribution in [0.5, 0.6) is 0 Å². The number of carboxylic acids is 1. The Labute approximate surface area is 111 Å². The fourth-order valence-corrected chi connectivity index (χ4v) is 2.37. The number of carboxylic acid groups (broad SMARTS) is 1. The zero-order valence-corrected chi connectivity index (χ0v) is 11.1. The lowest BCUT2D eigenvalue weighted by Gasteiger charge is -2.36. The van der Waals surface area contributed by atoms with Gasteiger partial charge in [0.05, 0.1) is 11.2 Å². The average Bonchev–Trinajstić information content (AvgIpc) is 2.27. The molecule has 1 saturated heterocycles. The molecule has 1 aromatic rings. The average molecular weight is 267 g/mol. The lowest BCUT2D eigenvalue weighted by molar-refractivity contribution is -0.0553. The third-order valence-electron chi connectivity index (χ3n) is 3.27. The number of halogens is 1. The number of anilines is 1. The van der Waals surface area contributed by atoms with Crippen molar-refractivity contribution in [1.82, 2.24) is 0 Å². The van der Waals surface area contributed by atoms with Gasteiger partial charge in [0.2, 0.25) is 0 Å². The molecule has 1 atom stereocenters. The Morgan fingerprint density at radius 1 is 1.53 bits per heavy atom. The molecule has 0 aromatic heterocycles. The van der Waals surface area contributed by atoms with E-state index in [0.717, 1.165) is 12.8 Å². The quantitative estimate of drug-likeness (QED) is 0.884. The summed E-state index contributed by atoms with van der Waals surface area (Å²) in [5, 5.41) is 12.0. The maximum absolute atomic E-state index is 13.6. The van der Waals surface area contributed by atoms with Crippen LogP contribution in [-0.2, 0) is 4.74 Å². The van der Waals surface area contributed by atoms with E-state index in [-0.39, 0.29) is 17.2 Å². The van der Waals surface area contributed by atoms with E-state index in [1.807, 2.05) is 13.8 Å². The van der Waals surface area contributed by atoms with Crippen LogP contribution in [0.3, 0.4) is 0 Å². The molecule has 2 rings (SSSR count). The zero-order chi connectivity index (χ0) is 14.0. The first-order valence-corrected chi connectivity index (χ1v) is 6.31. The minimum atomic E-state index is -1.25. The fourth-order valence-electron chi connectivity index (χ4n) is 2.37. The van der Waals surface area contributed by atoms with Gasteiger partial charge in [0.25, 0.3) is 0 Å². The van der Waals surface area contributed by atoms with E-state index in [0.29, 0.717) is 12.3 Å². The van der Waals surface area contributed by atoms with Gasteiger partial charge >= 0.3 is 5.97 Å². The molecule has 5 heteroatoms. The van der Waals surface area contributed by atoms with Gasteiger partial charge in [-0.25, -0.2) is 9.18 Å². The van der Waals surface area contributed by atoms with Crippen molar-refractivity contribution < 1.29 is 19.0 Å². The van der Waals surface area contributed by atoms with Crippen LogP contribution in [-0.4, -0.2) is 29.3 Å². The highest BCUT2D eigenvalue weighted by Gasteiger charge is 2.28. The van der Waals surface area contributed by atoms with Gasteiger partial charge < -0.3 is 15.2 Å². The maximum atomic E-state index is 13.6. The normalized spacial score (nSPS) is 21.9. The SMILES string of the molecule is CC1(C)CC(Nc2ccc(C(=O)O)c(F)c2)CCO1. The molecule has 104 valence electrons. The Bertz CT molecular complexity index is 488. The molecule has 4 nitrogen and oxygen atoms in total. The van der Waals surface area contributed by atoms with E-state index in [1.54, 1.807) is 6.07 Å². The van der Waals surface area contributed by atoms with Crippen molar-refractivity contribution in [2.45, 2.75) is 38.3 Å². The van der Waals surface area contributed by atoms with Crippen LogP contribution in [0.4, 0.5) is 10.1 Å². The molecular formula is C14H18FNO3. The first-order valence-electron chi connectivity index (χ1n) is 6.31. The third kappa shape index (κ3) is 3.44. The summed E-state index contributed by atoms with van der Waals surface area (Å²) < 4.78 is 19.2. The van der Waals surface area contributed by atoms with Crippen molar-refractivity contribution in [2.75, 3.05) is 11.9 Å². The van der Waals surface area contributed by atoms with Crippen LogP contribution in [0.2, 0.25) is 0 Å². The lowest BCUT2D eigenvalue weighted by atomic mass is 9.94. The number of hydrogen-bond donors (Lipinski definition) is 2. The summed E-state index contributed by atoms with van der Waals surface area (Å²) in [6, 6.07) is 4.31. The Morgan fingerprint density at radius 3 is 2.84 bits per heavy atom. The first-order chi connectivity index (χ1) is 8.87. The molecule has 1 aliphatic heterocycles. The van der Waals surface area contributed by atoms with Crippen molar-refractivity contribution in [3.63, 3.8) is 0 Å². The zero-order valence-electron chi connectivity index (χ0n) is 11.1. The fraction of sp³-hybridized carbons (Fsp3) is 0.500. The van der Waals surface area contributed by atoms with Gasteiger partial charge in [0, 0.05) is 18.3 Å². The van der Waals surface area contributed by atoms with Crippen molar-refractivity contribution in [3.8, 4) is 0 Å². The highest BCUT2D eigenvalue weighted by Crippen LogP contribution is 2.26. The molecule has 1 unspecified atom stereocenters. The second-order valence-electron chi connectivity index (χ2n) is 5.44. The second-order valence-corrected chi connectivity index (χ2v) is 5.44. The number of hydrogen-bond acceptors (Lipinski definition) is 3. The van der Waals surface area contributed by atoms with Crippen molar-refractivity contribution >= 4 is 11.7 Å². The molecule has 0 bridgehead atoms. The highest BCUT2D eigenvalue weighted by atomic mass is 19.1. The number of rotatable bonds is 3. The van der Waals surface area contributed by atoms with Crippen LogP contribution in [0.15, 0.2) is 18.2 Å². The lowest BCUT2D eigenvalue weighted by Crippen LogP contribution is -2.40. The summed E-state index contributed by atoms with van der Waals surface area (Å²) in [7, 11) is 0. The van der Waals surface area contributed by atoms with E-state index in [1.165, 1.54) is 12.1 Å². The van der Waals surface area contributed by atoms with Crippen molar-refractivity contribution in [3.05, 3.63) is 29.6 Å². The van der Waals surface area contributed by atoms with Gasteiger partial charge in [-0.3, -0.25) is 0 Å². The topological polar surface area (TPSA) is 58.6 Å². The van der Waals surface area contributed by atoms with Crippen LogP contribution in [0, 0.1) is 5.82 Å². The predicted molar refractivity (Wildman–Crippen MR) is 70.0 cm³/mol. The Hall–Kier alpha value is -1.62. The standard InChI is InChI=1S/C14H18FNO3/c1-14(2)8-10(5-6-19-14)16-9-3-4-11(13(17)18)12(15)7-9/h3-4,7,10,16H,5-6,8H2,1-2H3,(H,17,18). The minimum Gasteiger partial charge on any atom is -0.478 e. The van der Waals surface area contributed by atoms with Gasteiger partial charge in [0.15, 0.2) is 0 Å². The molecule has 0 spiro atoms. The second kappa shape index (κ2) is 5.17. The van der Waals surface area contributed by atoms with E-state index in [9.17, 15) is 9.18 Å². The molecule has 2 N–H and O–H groups in total. The summed E-state index contributed by atoms with van der Waals surface area (Å²) in [6.07, 6.45) is 1.68. The molecule has 0 aliphatic carbocycles. The molecule has 0 saturated carbocycles. The Kier molecular flexibility index (Phi) is 3.75. The number of carbonyl (C=O) groups is 1. The molecule has 0 amide bonds. The molecular weight excluding hydrogens is 249 g/mol. The van der Waals surface area contributed by atoms with Gasteiger partial charge in [-0.05, 0) is 44.9 Å². The number of benzene rings is 1. The number of nitrogens with one attached hydrogen (secondary N) is 1. The van der Waals surface area contributed by atoms with Crippen LogP contribution in [0.25, 0.3) is 0 Å². The minimum absolute atomic E-state index is 0.185. The van der Waals surface area contributed by atoms with Crippen LogP contribution >= 0.6 is 0 Å². The van der Waals surface area contributed by atoms with E-state index in [2.05, 4.69) is 5.32 Å². The van der Waals surface area contributed by atoms with Gasteiger partial charge in [-0.2, -0.15) is 0 Å². The van der Waals surface area contributed by atoms with Crippen LogP contribution in [0.1, 0.15) is 37.0 Å². The summed E-state index contributed by atoms with van der Waals surface area (Å²) in [5.74, 6) is -1.97. The summed E-state index contributed by atoms with van der Waals surface area (Å²) in [4.78, 5) is 10.7. The Balaban J connectivity index is 2.07. The maximum Gasteiger partial charge on any atom is 0.338 e. The molecule has 1 fully saturated rings. The third-order valence-corrected chi connectivity index (χ3v) is 3.27. The van der Waals surface area contributed by atoms with Gasteiger partial charge in [-0.1, -0.05) is 0 Å². The number of aromatic carboxylic acids is 1. The summed E-state index contributed by atoms with van der Waals surface area (Å²) in [6.45, 7) is 4.71. The van der Waals surface area contributed by atoms with Crippen molar-refractivity contribution in [1.29, 1.82) is 0 Å². The Morgan fingerprint density at radius 2 is 2.26 bits per heavy atom. The summed E-state index contributed by atoms with van der Waals surface area (Å²) in [5.41, 5.74) is 0.109. The molecule has 19 heavy (non-hydrogen) atoms. The predicted octanol–water partition coefficient (Wildman–Crippen LogP) is 2.89. The largest absolute Gasteiger partial charge is 0.478 e. The molecule has 1 aromatic carbocycles. The molecule has 1 heterocycles. The van der Waals surface area contributed by atoms with E-state index < -0.39 is 11.8 Å². The molecule has 1 aliphatic rings. The monoisotopic (exact) mass is 267 g/mol. The first kappa shape index (κ1) is 13.8. The summed E-state index contributed by atoms with van der Waals surface area (Å²) >= 11 is 0. The number of ether oxygens (including phenoxy) is 1. The van der Waals surface area contributed by atoms with E-state index >= 15 is 0 Å². The molecule has 0 radical (unpaired) electrons. The highest BCUT2D eigenvalue weighted by molar-refractivity contribution is 5.88. The van der Waals surface area contributed by atoms with E-state index in [4.69, 9.17) is 9.84 Å².